The maximum atomic E-state index is 10.3. The van der Waals surface area contributed by atoms with Crippen molar-refractivity contribution in [3.05, 3.63) is 52.2 Å². The molecule has 0 amide bonds. The molecule has 1 aliphatic rings. The summed E-state index contributed by atoms with van der Waals surface area (Å²) in [6.45, 7) is 1.34. The molecule has 1 aromatic rings. The van der Waals surface area contributed by atoms with Crippen LogP contribution in [-0.4, -0.2) is 29.0 Å². The first-order valence-electron chi connectivity index (χ1n) is 5.22. The molecule has 1 aromatic carbocycles. The number of nitrogens with zero attached hydrogens (tertiary/aromatic N) is 3. The van der Waals surface area contributed by atoms with Crippen LogP contribution in [0.25, 0.3) is 6.08 Å². The lowest BCUT2D eigenvalue weighted by atomic mass is 10.2. The van der Waals surface area contributed by atoms with Crippen molar-refractivity contribution < 1.29 is 5.03 Å². The molecule has 0 aliphatic carbocycles. The molecule has 0 saturated carbocycles. The van der Waals surface area contributed by atoms with Crippen LogP contribution in [0.4, 0.5) is 0 Å². The molecule has 1 saturated heterocycles. The average Bonchev–Trinajstić information content (AvgIpc) is 2.74. The van der Waals surface area contributed by atoms with Gasteiger partial charge in [0.15, 0.2) is 5.03 Å². The van der Waals surface area contributed by atoms with Gasteiger partial charge in [-0.25, -0.2) is 10.1 Å². The molecule has 0 aromatic heterocycles. The van der Waals surface area contributed by atoms with E-state index in [9.17, 15) is 10.1 Å². The highest BCUT2D eigenvalue weighted by molar-refractivity contribution is 5.82. The molecule has 1 heterocycles. The molecule has 6 heteroatoms. The molecule has 6 nitrogen and oxygen atoms in total. The molecule has 0 atom stereocenters. The first-order valence-corrected chi connectivity index (χ1v) is 5.22. The highest BCUT2D eigenvalue weighted by atomic mass is 16.7. The average molecular weight is 232 g/mol. The van der Waals surface area contributed by atoms with Gasteiger partial charge < -0.3 is 10.2 Å². The third-order valence-electron chi connectivity index (χ3n) is 2.33. The maximum absolute atomic E-state index is 10.3. The van der Waals surface area contributed by atoms with Gasteiger partial charge >= 0.3 is 0 Å². The smallest absolute Gasteiger partial charge is 0.275 e. The summed E-state index contributed by atoms with van der Waals surface area (Å²) in [7, 11) is 0. The van der Waals surface area contributed by atoms with Crippen molar-refractivity contribution >= 4 is 12.0 Å². The Balaban J connectivity index is 2.08. The molecule has 17 heavy (non-hydrogen) atoms. The van der Waals surface area contributed by atoms with E-state index in [0.717, 1.165) is 5.56 Å². The number of hydrogen-bond acceptors (Lipinski definition) is 2. The fourth-order valence-corrected chi connectivity index (χ4v) is 1.55. The van der Waals surface area contributed by atoms with Crippen molar-refractivity contribution in [3.8, 4) is 0 Å². The van der Waals surface area contributed by atoms with Crippen molar-refractivity contribution in [2.45, 2.75) is 0 Å². The summed E-state index contributed by atoms with van der Waals surface area (Å²) in [5.41, 5.74) is 1.04. The normalized spacial score (nSPS) is 17.6. The molecule has 2 rings (SSSR count). The third kappa shape index (κ3) is 3.04. The first-order chi connectivity index (χ1) is 8.25. The van der Waals surface area contributed by atoms with Crippen LogP contribution in [0.15, 0.2) is 41.6 Å². The molecule has 0 bridgehead atoms. The minimum Gasteiger partial charge on any atom is -0.349 e. The Bertz CT molecular complexity index is 456. The molecule has 88 valence electrons. The summed E-state index contributed by atoms with van der Waals surface area (Å²) >= 11 is 0. The fourth-order valence-electron chi connectivity index (χ4n) is 1.55. The maximum Gasteiger partial charge on any atom is 0.275 e. The van der Waals surface area contributed by atoms with Crippen molar-refractivity contribution in [1.29, 1.82) is 0 Å². The van der Waals surface area contributed by atoms with E-state index in [1.807, 2.05) is 36.4 Å². The van der Waals surface area contributed by atoms with E-state index in [1.54, 1.807) is 11.1 Å². The second-order valence-corrected chi connectivity index (χ2v) is 3.51. The van der Waals surface area contributed by atoms with Gasteiger partial charge in [0.1, 0.15) is 5.10 Å². The summed E-state index contributed by atoms with van der Waals surface area (Å²) < 4.78 is 0. The van der Waals surface area contributed by atoms with Crippen LogP contribution in [0.2, 0.25) is 0 Å². The van der Waals surface area contributed by atoms with Crippen molar-refractivity contribution in [2.24, 2.45) is 5.10 Å². The van der Waals surface area contributed by atoms with Crippen LogP contribution in [0.3, 0.4) is 0 Å². The molecular formula is C11H12N4O2. The van der Waals surface area contributed by atoms with Gasteiger partial charge in [-0.05, 0) is 11.6 Å². The predicted molar refractivity (Wildman–Crippen MR) is 64.6 cm³/mol. The van der Waals surface area contributed by atoms with Gasteiger partial charge in [0.2, 0.25) is 0 Å². The Morgan fingerprint density at radius 1 is 1.41 bits per heavy atom. The summed E-state index contributed by atoms with van der Waals surface area (Å²) in [4.78, 5) is 12.0. The Kier molecular flexibility index (Phi) is 3.34. The van der Waals surface area contributed by atoms with Gasteiger partial charge in [-0.3, -0.25) is 0 Å². The van der Waals surface area contributed by atoms with Crippen LogP contribution < -0.4 is 5.32 Å². The Morgan fingerprint density at radius 3 is 2.88 bits per heavy atom. The van der Waals surface area contributed by atoms with E-state index < -0.39 is 5.03 Å². The predicted octanol–water partition coefficient (Wildman–Crippen LogP) is 1.11. The molecule has 0 radical (unpaired) electrons. The van der Waals surface area contributed by atoms with Gasteiger partial charge in [-0.2, -0.15) is 0 Å². The summed E-state index contributed by atoms with van der Waals surface area (Å²) in [5.74, 6) is 0.280. The van der Waals surface area contributed by atoms with Gasteiger partial charge in [0.25, 0.3) is 5.96 Å². The zero-order chi connectivity index (χ0) is 12.1. The minimum absolute atomic E-state index is 0.280. The number of rotatable bonds is 3. The van der Waals surface area contributed by atoms with E-state index >= 15 is 0 Å². The number of benzene rings is 1. The second kappa shape index (κ2) is 5.11. The quantitative estimate of drug-likeness (QED) is 0.626. The molecule has 0 spiro atoms. The van der Waals surface area contributed by atoms with Gasteiger partial charge in [-0.15, -0.1) is 0 Å². The third-order valence-corrected chi connectivity index (χ3v) is 2.33. The fraction of sp³-hybridized carbons (Fsp3) is 0.182. The molecule has 1 fully saturated rings. The number of nitro groups is 1. The second-order valence-electron chi connectivity index (χ2n) is 3.51. The van der Waals surface area contributed by atoms with E-state index in [-0.39, 0.29) is 5.96 Å². The number of hydrogen-bond donors (Lipinski definition) is 1. The van der Waals surface area contributed by atoms with Gasteiger partial charge in [-0.1, -0.05) is 30.3 Å². The van der Waals surface area contributed by atoms with Crippen molar-refractivity contribution in [2.75, 3.05) is 13.1 Å². The van der Waals surface area contributed by atoms with E-state index in [2.05, 4.69) is 10.4 Å². The standard InChI is InChI=1S/C11H12N4O2/c16-15(17)13-11-12-7-9-14(11)8-6-10-4-2-1-3-5-10/h1-6,8H,7,9H2,(H,12,13). The highest BCUT2D eigenvalue weighted by Crippen LogP contribution is 2.05. The lowest BCUT2D eigenvalue weighted by Gasteiger charge is -2.08. The lowest BCUT2D eigenvalue weighted by Crippen LogP contribution is -2.26. The van der Waals surface area contributed by atoms with Gasteiger partial charge in [0, 0.05) is 19.3 Å². The van der Waals surface area contributed by atoms with Crippen LogP contribution >= 0.6 is 0 Å². The number of guanidine groups is 1. The molecule has 1 aliphatic heterocycles. The summed E-state index contributed by atoms with van der Waals surface area (Å²) in [5, 5.41) is 15.7. The van der Waals surface area contributed by atoms with Crippen LogP contribution in [0.1, 0.15) is 5.56 Å². The summed E-state index contributed by atoms with van der Waals surface area (Å²) in [6, 6.07) is 9.74. The van der Waals surface area contributed by atoms with Gasteiger partial charge in [0.05, 0.1) is 0 Å². The van der Waals surface area contributed by atoms with E-state index in [1.165, 1.54) is 0 Å². The monoisotopic (exact) mass is 232 g/mol. The zero-order valence-electron chi connectivity index (χ0n) is 9.11. The van der Waals surface area contributed by atoms with E-state index in [0.29, 0.717) is 13.1 Å². The Labute approximate surface area is 98.4 Å². The zero-order valence-corrected chi connectivity index (χ0v) is 9.11. The molecule has 0 unspecified atom stereocenters. The van der Waals surface area contributed by atoms with E-state index in [4.69, 9.17) is 0 Å². The van der Waals surface area contributed by atoms with Crippen LogP contribution in [-0.2, 0) is 0 Å². The van der Waals surface area contributed by atoms with Crippen LogP contribution in [0.5, 0.6) is 0 Å². The molecular weight excluding hydrogens is 220 g/mol. The van der Waals surface area contributed by atoms with Crippen LogP contribution in [0, 0.1) is 10.1 Å². The lowest BCUT2D eigenvalue weighted by molar-refractivity contribution is -0.485. The number of nitrogens with one attached hydrogen (secondary N) is 1. The first kappa shape index (κ1) is 11.1. The number of hydrazone groups is 1. The summed E-state index contributed by atoms with van der Waals surface area (Å²) in [6.07, 6.45) is 3.68. The minimum atomic E-state index is -0.697. The Morgan fingerprint density at radius 2 is 2.18 bits per heavy atom. The largest absolute Gasteiger partial charge is 0.349 e. The van der Waals surface area contributed by atoms with Crippen molar-refractivity contribution in [3.63, 3.8) is 0 Å². The van der Waals surface area contributed by atoms with Crippen molar-refractivity contribution in [1.82, 2.24) is 10.2 Å². The SMILES string of the molecule is O=[N+]([O-])N=C1NCCN1C=Cc1ccccc1. The Hall–Kier alpha value is -2.37. The highest BCUT2D eigenvalue weighted by Gasteiger charge is 2.18. The topological polar surface area (TPSA) is 70.8 Å². The molecule has 1 N–H and O–H groups in total.